The number of likely N-dealkylation sites (tertiary alicyclic amines) is 1. The van der Waals surface area contributed by atoms with E-state index in [4.69, 9.17) is 23.2 Å². The Labute approximate surface area is 206 Å². The zero-order chi connectivity index (χ0) is 23.0. The first kappa shape index (κ1) is 23.0. The van der Waals surface area contributed by atoms with E-state index in [1.807, 2.05) is 18.2 Å². The van der Waals surface area contributed by atoms with Crippen LogP contribution in [0.1, 0.15) is 49.7 Å². The highest BCUT2D eigenvalue weighted by Crippen LogP contribution is 2.50. The van der Waals surface area contributed by atoms with E-state index in [9.17, 15) is 9.90 Å². The largest absolute Gasteiger partial charge is 0.508 e. The summed E-state index contributed by atoms with van der Waals surface area (Å²) in [6.07, 6.45) is 7.14. The summed E-state index contributed by atoms with van der Waals surface area (Å²) in [6, 6.07) is 13.3. The third kappa shape index (κ3) is 5.18. The van der Waals surface area contributed by atoms with Crippen LogP contribution in [0.5, 0.6) is 5.75 Å². The molecule has 2 aromatic carbocycles. The molecule has 2 aromatic rings. The topological polar surface area (TPSA) is 52.6 Å². The molecule has 1 saturated heterocycles. The highest BCUT2D eigenvalue weighted by atomic mass is 35.5. The lowest BCUT2D eigenvalue weighted by Gasteiger charge is -2.53. The Hall–Kier alpha value is -1.75. The molecule has 0 bridgehead atoms. The van der Waals surface area contributed by atoms with Gasteiger partial charge in [0.15, 0.2) is 0 Å². The normalized spacial score (nSPS) is 27.7. The van der Waals surface area contributed by atoms with Crippen LogP contribution in [0.3, 0.4) is 0 Å². The van der Waals surface area contributed by atoms with Crippen LogP contribution < -0.4 is 5.32 Å². The standard InChI is InChI=1S/C27H32Cl2N2O2/c28-24-9-6-19(12-25(24)29)13-26(33)30-22-8-7-21-17-31(16-18-4-5-18)11-10-27(21,15-22)20-2-1-3-23(32)14-20/h1-3,6,9,12,14,18,21-22,32H,4-5,7-8,10-11,13,15-17H2,(H,30,33)/t21-,22-,27+/m1/s1. The summed E-state index contributed by atoms with van der Waals surface area (Å²) in [7, 11) is 0. The summed E-state index contributed by atoms with van der Waals surface area (Å²) in [6.45, 7) is 3.44. The van der Waals surface area contributed by atoms with Crippen molar-refractivity contribution in [2.75, 3.05) is 19.6 Å². The van der Waals surface area contributed by atoms with E-state index in [1.165, 1.54) is 24.9 Å². The Balaban J connectivity index is 1.31. The van der Waals surface area contributed by atoms with Crippen LogP contribution in [-0.2, 0) is 16.6 Å². The molecule has 176 valence electrons. The Bertz CT molecular complexity index is 1020. The van der Waals surface area contributed by atoms with Crippen molar-refractivity contribution in [3.8, 4) is 5.75 Å². The fraction of sp³-hybridized carbons (Fsp3) is 0.519. The Morgan fingerprint density at radius 1 is 1.09 bits per heavy atom. The summed E-state index contributed by atoms with van der Waals surface area (Å²) < 4.78 is 0. The first-order valence-electron chi connectivity index (χ1n) is 12.2. The third-order valence-corrected chi connectivity index (χ3v) is 8.70. The van der Waals surface area contributed by atoms with Gasteiger partial charge in [0.05, 0.1) is 16.5 Å². The zero-order valence-electron chi connectivity index (χ0n) is 18.9. The van der Waals surface area contributed by atoms with E-state index in [1.54, 1.807) is 18.2 Å². The number of amides is 1. The number of carbonyl (C=O) groups excluding carboxylic acids is 1. The number of fused-ring (bicyclic) bond motifs is 1. The van der Waals surface area contributed by atoms with Gasteiger partial charge in [-0.3, -0.25) is 4.79 Å². The molecule has 33 heavy (non-hydrogen) atoms. The molecule has 0 aromatic heterocycles. The van der Waals surface area contributed by atoms with Crippen molar-refractivity contribution in [3.05, 3.63) is 63.6 Å². The first-order valence-corrected chi connectivity index (χ1v) is 12.9. The quantitative estimate of drug-likeness (QED) is 0.560. The molecule has 4 nitrogen and oxygen atoms in total. The highest BCUT2D eigenvalue weighted by Gasteiger charge is 2.48. The van der Waals surface area contributed by atoms with Crippen LogP contribution in [0.15, 0.2) is 42.5 Å². The zero-order valence-corrected chi connectivity index (χ0v) is 20.4. The van der Waals surface area contributed by atoms with Gasteiger partial charge in [-0.25, -0.2) is 0 Å². The van der Waals surface area contributed by atoms with Gasteiger partial charge in [-0.2, -0.15) is 0 Å². The predicted molar refractivity (Wildman–Crippen MR) is 133 cm³/mol. The van der Waals surface area contributed by atoms with Gasteiger partial charge in [-0.15, -0.1) is 0 Å². The van der Waals surface area contributed by atoms with Gasteiger partial charge in [0.25, 0.3) is 0 Å². The molecule has 0 spiro atoms. The monoisotopic (exact) mass is 486 g/mol. The van der Waals surface area contributed by atoms with Gasteiger partial charge < -0.3 is 15.3 Å². The number of hydrogen-bond acceptors (Lipinski definition) is 3. The summed E-state index contributed by atoms with van der Waals surface area (Å²) in [5.41, 5.74) is 2.09. The number of halogens is 2. The maximum Gasteiger partial charge on any atom is 0.224 e. The number of hydrogen-bond donors (Lipinski definition) is 2. The van der Waals surface area contributed by atoms with Crippen LogP contribution in [-0.4, -0.2) is 41.6 Å². The van der Waals surface area contributed by atoms with Gasteiger partial charge >= 0.3 is 0 Å². The fourth-order valence-electron chi connectivity index (χ4n) is 6.10. The number of rotatable bonds is 6. The second-order valence-corrected chi connectivity index (χ2v) is 11.1. The van der Waals surface area contributed by atoms with Crippen molar-refractivity contribution < 1.29 is 9.90 Å². The minimum atomic E-state index is -0.00142. The van der Waals surface area contributed by atoms with Crippen LogP contribution in [0.4, 0.5) is 0 Å². The van der Waals surface area contributed by atoms with Gasteiger partial charge in [0.1, 0.15) is 5.75 Å². The van der Waals surface area contributed by atoms with Crippen LogP contribution in [0.2, 0.25) is 10.0 Å². The number of carbonyl (C=O) groups is 1. The molecule has 2 aliphatic carbocycles. The summed E-state index contributed by atoms with van der Waals surface area (Å²) in [5.74, 6) is 1.80. The number of benzene rings is 2. The average Bonchev–Trinajstić information content (AvgIpc) is 3.60. The molecular formula is C27H32Cl2N2O2. The van der Waals surface area contributed by atoms with Crippen LogP contribution >= 0.6 is 23.2 Å². The molecule has 1 aliphatic heterocycles. The Morgan fingerprint density at radius 3 is 2.70 bits per heavy atom. The highest BCUT2D eigenvalue weighted by molar-refractivity contribution is 6.42. The summed E-state index contributed by atoms with van der Waals surface area (Å²) in [5, 5.41) is 14.5. The van der Waals surface area contributed by atoms with E-state index in [0.717, 1.165) is 50.3 Å². The number of piperidine rings is 1. The molecule has 1 heterocycles. The van der Waals surface area contributed by atoms with E-state index in [-0.39, 0.29) is 17.4 Å². The number of nitrogens with zero attached hydrogens (tertiary/aromatic N) is 1. The molecule has 2 saturated carbocycles. The lowest BCUT2D eigenvalue weighted by atomic mass is 9.58. The maximum absolute atomic E-state index is 12.9. The predicted octanol–water partition coefficient (Wildman–Crippen LogP) is 5.58. The molecule has 5 rings (SSSR count). The molecule has 0 radical (unpaired) electrons. The molecular weight excluding hydrogens is 455 g/mol. The lowest BCUT2D eigenvalue weighted by Crippen LogP contribution is -2.56. The van der Waals surface area contributed by atoms with Gasteiger partial charge in [0.2, 0.25) is 5.91 Å². The number of nitrogens with one attached hydrogen (secondary N) is 1. The van der Waals surface area contributed by atoms with E-state index in [0.29, 0.717) is 28.1 Å². The Morgan fingerprint density at radius 2 is 1.94 bits per heavy atom. The van der Waals surface area contributed by atoms with Crippen molar-refractivity contribution in [2.45, 2.75) is 56.4 Å². The number of phenolic OH excluding ortho intramolecular Hbond substituents is 1. The second-order valence-electron chi connectivity index (χ2n) is 10.3. The molecule has 0 unspecified atom stereocenters. The number of aromatic hydroxyl groups is 1. The smallest absolute Gasteiger partial charge is 0.224 e. The molecule has 3 fully saturated rings. The molecule has 1 amide bonds. The first-order chi connectivity index (χ1) is 15.9. The van der Waals surface area contributed by atoms with Crippen LogP contribution in [0, 0.1) is 11.8 Å². The van der Waals surface area contributed by atoms with Crippen molar-refractivity contribution in [1.29, 1.82) is 0 Å². The molecule has 2 N–H and O–H groups in total. The van der Waals surface area contributed by atoms with Gasteiger partial charge in [0, 0.05) is 24.5 Å². The van der Waals surface area contributed by atoms with Crippen molar-refractivity contribution >= 4 is 29.1 Å². The lowest BCUT2D eigenvalue weighted by molar-refractivity contribution is -0.121. The van der Waals surface area contributed by atoms with Crippen molar-refractivity contribution in [2.24, 2.45) is 11.8 Å². The van der Waals surface area contributed by atoms with Crippen LogP contribution in [0.25, 0.3) is 0 Å². The second kappa shape index (κ2) is 9.48. The fourth-order valence-corrected chi connectivity index (χ4v) is 6.42. The van der Waals surface area contributed by atoms with Crippen molar-refractivity contribution in [1.82, 2.24) is 10.2 Å². The third-order valence-electron chi connectivity index (χ3n) is 7.96. The van der Waals surface area contributed by atoms with E-state index >= 15 is 0 Å². The maximum atomic E-state index is 12.9. The molecule has 6 heteroatoms. The number of phenols is 1. The molecule has 3 aliphatic rings. The van der Waals surface area contributed by atoms with E-state index in [2.05, 4.69) is 16.3 Å². The van der Waals surface area contributed by atoms with Crippen molar-refractivity contribution in [3.63, 3.8) is 0 Å². The summed E-state index contributed by atoms with van der Waals surface area (Å²) >= 11 is 12.1. The Kier molecular flexibility index (Phi) is 6.61. The summed E-state index contributed by atoms with van der Waals surface area (Å²) in [4.78, 5) is 15.5. The SMILES string of the molecule is O=C(Cc1ccc(Cl)c(Cl)c1)N[C@@H]1CC[C@@H]2CN(CC3CC3)CC[C@@]2(c2cccc(O)c2)C1. The van der Waals surface area contributed by atoms with Gasteiger partial charge in [-0.1, -0.05) is 41.4 Å². The molecule has 3 atom stereocenters. The van der Waals surface area contributed by atoms with Gasteiger partial charge in [-0.05, 0) is 92.3 Å². The average molecular weight is 487 g/mol. The van der Waals surface area contributed by atoms with E-state index < -0.39 is 0 Å². The minimum absolute atomic E-state index is 0.00142. The minimum Gasteiger partial charge on any atom is -0.508 e.